The van der Waals surface area contributed by atoms with Gasteiger partial charge in [0.25, 0.3) is 0 Å². The van der Waals surface area contributed by atoms with Crippen molar-refractivity contribution in [3.05, 3.63) is 47.7 Å². The van der Waals surface area contributed by atoms with Crippen molar-refractivity contribution in [3.63, 3.8) is 0 Å². The third-order valence-corrected chi connectivity index (χ3v) is 5.57. The lowest BCUT2D eigenvalue weighted by molar-refractivity contribution is -0.0533. The predicted molar refractivity (Wildman–Crippen MR) is 120 cm³/mol. The third-order valence-electron chi connectivity index (χ3n) is 5.57. The Hall–Kier alpha value is -2.44. The molecule has 2 aromatic heterocycles. The molecule has 6 nitrogen and oxygen atoms in total. The van der Waals surface area contributed by atoms with E-state index >= 15 is 0 Å². The summed E-state index contributed by atoms with van der Waals surface area (Å²) in [4.78, 5) is 7.22. The zero-order valence-electron chi connectivity index (χ0n) is 18.6. The fraction of sp³-hybridized carbons (Fsp3) is 0.500. The summed E-state index contributed by atoms with van der Waals surface area (Å²) in [5.41, 5.74) is 4.56. The van der Waals surface area contributed by atoms with Crippen molar-refractivity contribution < 1.29 is 9.84 Å². The maximum atomic E-state index is 10.0. The van der Waals surface area contributed by atoms with Crippen LogP contribution in [0.15, 0.2) is 36.4 Å². The molecule has 0 radical (unpaired) electrons. The van der Waals surface area contributed by atoms with E-state index in [1.165, 1.54) is 0 Å². The maximum absolute atomic E-state index is 10.0. The van der Waals surface area contributed by atoms with Gasteiger partial charge in [-0.05, 0) is 47.5 Å². The molecule has 0 bridgehead atoms. The van der Waals surface area contributed by atoms with Crippen molar-refractivity contribution in [3.8, 4) is 11.3 Å². The van der Waals surface area contributed by atoms with E-state index in [2.05, 4.69) is 51.7 Å². The first-order valence-corrected chi connectivity index (χ1v) is 10.8. The summed E-state index contributed by atoms with van der Waals surface area (Å²) in [7, 11) is 0. The van der Waals surface area contributed by atoms with Gasteiger partial charge in [0, 0.05) is 36.0 Å². The average molecular weight is 409 g/mol. The predicted octanol–water partition coefficient (Wildman–Crippen LogP) is 4.54. The first kappa shape index (κ1) is 20.8. The summed E-state index contributed by atoms with van der Waals surface area (Å²) in [6.45, 7) is 11.9. The normalized spacial score (nSPS) is 16.9. The number of aliphatic hydroxyl groups excluding tert-OH is 1. The molecular weight excluding hydrogens is 376 g/mol. The maximum Gasteiger partial charge on any atom is 0.158 e. The third kappa shape index (κ3) is 4.20. The molecule has 160 valence electrons. The molecule has 3 aromatic rings. The van der Waals surface area contributed by atoms with E-state index < -0.39 is 0 Å². The van der Waals surface area contributed by atoms with Crippen LogP contribution in [-0.2, 0) is 4.74 Å². The lowest BCUT2D eigenvalue weighted by atomic mass is 10.0. The van der Waals surface area contributed by atoms with Crippen molar-refractivity contribution in [2.24, 2.45) is 0 Å². The van der Waals surface area contributed by atoms with E-state index in [9.17, 15) is 5.11 Å². The Morgan fingerprint density at radius 1 is 1.13 bits per heavy atom. The van der Waals surface area contributed by atoms with Crippen LogP contribution in [0.3, 0.4) is 0 Å². The molecule has 0 spiro atoms. The van der Waals surface area contributed by atoms with Crippen LogP contribution in [0.25, 0.3) is 16.9 Å². The number of benzene rings is 1. The van der Waals surface area contributed by atoms with E-state index in [0.717, 1.165) is 59.9 Å². The van der Waals surface area contributed by atoms with E-state index in [1.54, 1.807) is 0 Å². The second-order valence-corrected chi connectivity index (χ2v) is 9.19. The highest BCUT2D eigenvalue weighted by molar-refractivity contribution is 5.67. The molecule has 30 heavy (non-hydrogen) atoms. The molecule has 1 saturated heterocycles. The van der Waals surface area contributed by atoms with Crippen LogP contribution in [0, 0.1) is 6.92 Å². The number of piperidine rings is 1. The minimum atomic E-state index is -0.268. The van der Waals surface area contributed by atoms with Crippen LogP contribution in [0.5, 0.6) is 0 Å². The molecule has 1 atom stereocenters. The molecule has 1 unspecified atom stereocenters. The lowest BCUT2D eigenvalue weighted by Gasteiger charge is -2.35. The van der Waals surface area contributed by atoms with Gasteiger partial charge < -0.3 is 14.7 Å². The van der Waals surface area contributed by atoms with Crippen LogP contribution < -0.4 is 4.90 Å². The minimum absolute atomic E-state index is 0.131. The Morgan fingerprint density at radius 2 is 1.80 bits per heavy atom. The Labute approximate surface area is 178 Å². The zero-order chi connectivity index (χ0) is 21.5. The Morgan fingerprint density at radius 3 is 2.43 bits per heavy atom. The smallest absolute Gasteiger partial charge is 0.158 e. The summed E-state index contributed by atoms with van der Waals surface area (Å²) in [6.07, 6.45) is 1.14. The van der Waals surface area contributed by atoms with Gasteiger partial charge >= 0.3 is 0 Å². The van der Waals surface area contributed by atoms with E-state index in [1.807, 2.05) is 28.8 Å². The zero-order valence-corrected chi connectivity index (χ0v) is 18.6. The number of hydrogen-bond donors (Lipinski definition) is 1. The highest BCUT2D eigenvalue weighted by Gasteiger charge is 2.29. The molecule has 1 aliphatic heterocycles. The van der Waals surface area contributed by atoms with Gasteiger partial charge in [0.05, 0.1) is 23.5 Å². The number of rotatable bonds is 4. The topological polar surface area (TPSA) is 62.9 Å². The van der Waals surface area contributed by atoms with Gasteiger partial charge in [-0.25, -0.2) is 4.98 Å². The van der Waals surface area contributed by atoms with Crippen LogP contribution >= 0.6 is 0 Å². The second-order valence-electron chi connectivity index (χ2n) is 9.19. The largest absolute Gasteiger partial charge is 0.393 e. The molecule has 0 amide bonds. The SMILES string of the molecule is Cc1nc2cc(-c3ccccc3)nn2c(N2CCC(O)CC2)c1C(C)OC(C)(C)C. The highest BCUT2D eigenvalue weighted by Crippen LogP contribution is 2.36. The number of aliphatic hydroxyl groups is 1. The Kier molecular flexibility index (Phi) is 5.55. The molecule has 3 heterocycles. The number of ether oxygens (including phenoxy) is 1. The van der Waals surface area contributed by atoms with Crippen molar-refractivity contribution >= 4 is 11.5 Å². The molecule has 0 aliphatic carbocycles. The fourth-order valence-corrected chi connectivity index (χ4v) is 4.31. The Balaban J connectivity index is 1.88. The average Bonchev–Trinajstić information content (AvgIpc) is 3.10. The lowest BCUT2D eigenvalue weighted by Crippen LogP contribution is -2.38. The number of hydrogen-bond acceptors (Lipinski definition) is 5. The number of anilines is 1. The number of aryl methyl sites for hydroxylation is 1. The van der Waals surface area contributed by atoms with Crippen LogP contribution in [0.1, 0.15) is 57.9 Å². The molecule has 0 saturated carbocycles. The van der Waals surface area contributed by atoms with E-state index in [0.29, 0.717) is 0 Å². The monoisotopic (exact) mass is 408 g/mol. The standard InChI is InChI=1S/C24H32N4O2/c1-16-22(17(2)30-24(3,4)5)23(27-13-11-19(29)12-14-27)28-21(25-16)15-20(26-28)18-9-7-6-8-10-18/h6-10,15,17,19,29H,11-14H2,1-5H3. The summed E-state index contributed by atoms with van der Waals surface area (Å²) in [5, 5.41) is 15.0. The molecular formula is C24H32N4O2. The van der Waals surface area contributed by atoms with Crippen molar-refractivity contribution in [2.75, 3.05) is 18.0 Å². The molecule has 1 aromatic carbocycles. The molecule has 1 N–H and O–H groups in total. The van der Waals surface area contributed by atoms with Crippen LogP contribution in [-0.4, -0.2) is 44.5 Å². The fourth-order valence-electron chi connectivity index (χ4n) is 4.31. The second kappa shape index (κ2) is 8.00. The first-order valence-electron chi connectivity index (χ1n) is 10.8. The van der Waals surface area contributed by atoms with Crippen molar-refractivity contribution in [1.82, 2.24) is 14.6 Å². The molecule has 6 heteroatoms. The van der Waals surface area contributed by atoms with Gasteiger partial charge in [0.15, 0.2) is 5.65 Å². The summed E-state index contributed by atoms with van der Waals surface area (Å²) < 4.78 is 8.30. The Bertz CT molecular complexity index is 1020. The van der Waals surface area contributed by atoms with E-state index in [-0.39, 0.29) is 17.8 Å². The first-order chi connectivity index (χ1) is 14.2. The van der Waals surface area contributed by atoms with Crippen LogP contribution in [0.2, 0.25) is 0 Å². The number of nitrogens with zero attached hydrogens (tertiary/aromatic N) is 4. The quantitative estimate of drug-likeness (QED) is 0.687. The number of fused-ring (bicyclic) bond motifs is 1. The summed E-state index contributed by atoms with van der Waals surface area (Å²) >= 11 is 0. The van der Waals surface area contributed by atoms with Crippen molar-refractivity contribution in [2.45, 2.75) is 65.3 Å². The van der Waals surface area contributed by atoms with Gasteiger partial charge in [0.2, 0.25) is 0 Å². The molecule has 1 fully saturated rings. The van der Waals surface area contributed by atoms with Gasteiger partial charge in [0.1, 0.15) is 5.82 Å². The summed E-state index contributed by atoms with van der Waals surface area (Å²) in [6, 6.07) is 12.2. The van der Waals surface area contributed by atoms with Gasteiger partial charge in [-0.3, -0.25) is 0 Å². The van der Waals surface area contributed by atoms with E-state index in [4.69, 9.17) is 14.8 Å². The van der Waals surface area contributed by atoms with Crippen molar-refractivity contribution in [1.29, 1.82) is 0 Å². The molecule has 4 rings (SSSR count). The summed E-state index contributed by atoms with van der Waals surface area (Å²) in [5.74, 6) is 1.03. The highest BCUT2D eigenvalue weighted by atomic mass is 16.5. The van der Waals surface area contributed by atoms with Gasteiger partial charge in [-0.15, -0.1) is 0 Å². The number of aromatic nitrogens is 3. The van der Waals surface area contributed by atoms with Gasteiger partial charge in [-0.1, -0.05) is 30.3 Å². The van der Waals surface area contributed by atoms with Gasteiger partial charge in [-0.2, -0.15) is 9.61 Å². The minimum Gasteiger partial charge on any atom is -0.393 e. The molecule has 1 aliphatic rings. The van der Waals surface area contributed by atoms with Crippen LogP contribution in [0.4, 0.5) is 5.82 Å².